The maximum atomic E-state index is 10.2. The molecule has 0 rings (SSSR count). The summed E-state index contributed by atoms with van der Waals surface area (Å²) in [6.45, 7) is 5.05. The highest BCUT2D eigenvalue weighted by Gasteiger charge is 1.96. The third kappa shape index (κ3) is 23.6. The van der Waals surface area contributed by atoms with Gasteiger partial charge in [-0.15, -0.1) is 11.6 Å². The first-order valence-corrected chi connectivity index (χ1v) is 9.47. The molecule has 0 saturated heterocycles. The van der Waals surface area contributed by atoms with E-state index in [9.17, 15) is 4.79 Å². The molecule has 0 aromatic rings. The molecule has 8 heteroatoms. The SMILES string of the molecule is O=C(O)CCOCCOCCOCCOCCOCCCCCCCl. The number of carboxylic acids is 1. The normalized spacial score (nSPS) is 11.1. The van der Waals surface area contributed by atoms with Crippen molar-refractivity contribution in [1.29, 1.82) is 0 Å². The lowest BCUT2D eigenvalue weighted by atomic mass is 10.2. The van der Waals surface area contributed by atoms with Gasteiger partial charge < -0.3 is 28.8 Å². The Balaban J connectivity index is 2.97. The molecule has 0 heterocycles. The Morgan fingerprint density at radius 3 is 1.44 bits per heavy atom. The van der Waals surface area contributed by atoms with Crippen LogP contribution in [0.5, 0.6) is 0 Å². The highest BCUT2D eigenvalue weighted by atomic mass is 35.5. The standard InChI is InChI=1S/C17H33ClO7/c18-6-3-1-2-4-7-21-9-11-23-13-15-25-16-14-24-12-10-22-8-5-17(19)20/h1-16H2,(H,19,20). The number of hydrogen-bond donors (Lipinski definition) is 1. The molecule has 1 N–H and O–H groups in total. The second-order valence-electron chi connectivity index (χ2n) is 5.31. The number of aliphatic carboxylic acids is 1. The van der Waals surface area contributed by atoms with Crippen LogP contribution in [0.2, 0.25) is 0 Å². The van der Waals surface area contributed by atoms with Gasteiger partial charge in [-0.3, -0.25) is 4.79 Å². The van der Waals surface area contributed by atoms with Crippen LogP contribution < -0.4 is 0 Å². The van der Waals surface area contributed by atoms with Crippen molar-refractivity contribution in [2.24, 2.45) is 0 Å². The molecule has 0 aromatic carbocycles. The second-order valence-corrected chi connectivity index (χ2v) is 5.69. The van der Waals surface area contributed by atoms with Crippen LogP contribution >= 0.6 is 11.6 Å². The molecule has 0 atom stereocenters. The molecule has 0 aliphatic heterocycles. The molecule has 0 aliphatic carbocycles. The summed E-state index contributed by atoms with van der Waals surface area (Å²) in [7, 11) is 0. The highest BCUT2D eigenvalue weighted by molar-refractivity contribution is 6.17. The Kier molecular flexibility index (Phi) is 21.2. The van der Waals surface area contributed by atoms with E-state index in [2.05, 4.69) is 0 Å². The van der Waals surface area contributed by atoms with Crippen LogP contribution in [-0.4, -0.2) is 83.0 Å². The smallest absolute Gasteiger partial charge is 0.305 e. The number of alkyl halides is 1. The van der Waals surface area contributed by atoms with Crippen molar-refractivity contribution in [2.75, 3.05) is 71.9 Å². The van der Waals surface area contributed by atoms with Crippen LogP contribution in [0.15, 0.2) is 0 Å². The topological polar surface area (TPSA) is 83.5 Å². The number of carbonyl (C=O) groups is 1. The lowest BCUT2D eigenvalue weighted by molar-refractivity contribution is -0.138. The Hall–Kier alpha value is -0.440. The predicted molar refractivity (Wildman–Crippen MR) is 95.5 cm³/mol. The monoisotopic (exact) mass is 384 g/mol. The van der Waals surface area contributed by atoms with Crippen LogP contribution in [0.3, 0.4) is 0 Å². The molecule has 25 heavy (non-hydrogen) atoms. The second kappa shape index (κ2) is 21.6. The van der Waals surface area contributed by atoms with Crippen molar-refractivity contribution in [2.45, 2.75) is 32.1 Å². The van der Waals surface area contributed by atoms with Gasteiger partial charge in [0.25, 0.3) is 0 Å². The zero-order valence-electron chi connectivity index (χ0n) is 15.1. The van der Waals surface area contributed by atoms with Crippen molar-refractivity contribution in [3.8, 4) is 0 Å². The number of unbranched alkanes of at least 4 members (excludes halogenated alkanes) is 3. The van der Waals surface area contributed by atoms with Crippen molar-refractivity contribution in [3.63, 3.8) is 0 Å². The Morgan fingerprint density at radius 1 is 0.600 bits per heavy atom. The molecular weight excluding hydrogens is 352 g/mol. The van der Waals surface area contributed by atoms with E-state index in [0.717, 1.165) is 31.7 Å². The highest BCUT2D eigenvalue weighted by Crippen LogP contribution is 2.01. The molecule has 150 valence electrons. The Morgan fingerprint density at radius 2 is 1.00 bits per heavy atom. The number of carboxylic acid groups (broad SMARTS) is 1. The number of ether oxygens (including phenoxy) is 5. The van der Waals surface area contributed by atoms with E-state index in [1.54, 1.807) is 0 Å². The van der Waals surface area contributed by atoms with Crippen molar-refractivity contribution >= 4 is 17.6 Å². The summed E-state index contributed by atoms with van der Waals surface area (Å²) in [5.74, 6) is -0.118. The maximum absolute atomic E-state index is 10.2. The average Bonchev–Trinajstić information content (AvgIpc) is 2.60. The fraction of sp³-hybridized carbons (Fsp3) is 0.941. The van der Waals surface area contributed by atoms with Crippen LogP contribution in [0.1, 0.15) is 32.1 Å². The molecule has 7 nitrogen and oxygen atoms in total. The average molecular weight is 385 g/mol. The van der Waals surface area contributed by atoms with Gasteiger partial charge in [-0.05, 0) is 12.8 Å². The van der Waals surface area contributed by atoms with E-state index >= 15 is 0 Å². The van der Waals surface area contributed by atoms with Crippen molar-refractivity contribution < 1.29 is 33.6 Å². The van der Waals surface area contributed by atoms with Gasteiger partial charge in [-0.2, -0.15) is 0 Å². The molecule has 0 radical (unpaired) electrons. The molecule has 0 unspecified atom stereocenters. The van der Waals surface area contributed by atoms with E-state index in [-0.39, 0.29) is 13.0 Å². The third-order valence-electron chi connectivity index (χ3n) is 3.12. The number of rotatable bonds is 21. The molecule has 0 amide bonds. The fourth-order valence-electron chi connectivity index (χ4n) is 1.79. The quantitative estimate of drug-likeness (QED) is 0.240. The van der Waals surface area contributed by atoms with Gasteiger partial charge in [0.1, 0.15) is 0 Å². The van der Waals surface area contributed by atoms with Gasteiger partial charge in [0.05, 0.1) is 65.9 Å². The van der Waals surface area contributed by atoms with E-state index in [1.165, 1.54) is 6.42 Å². The molecule has 0 aliphatic rings. The minimum absolute atomic E-state index is 0.0166. The van der Waals surface area contributed by atoms with Gasteiger partial charge in [0.2, 0.25) is 0 Å². The number of halogens is 1. The number of hydrogen-bond acceptors (Lipinski definition) is 6. The molecule has 0 spiro atoms. The van der Waals surface area contributed by atoms with Gasteiger partial charge in [0.15, 0.2) is 0 Å². The lowest BCUT2D eigenvalue weighted by Crippen LogP contribution is -2.13. The van der Waals surface area contributed by atoms with Crippen LogP contribution in [-0.2, 0) is 28.5 Å². The zero-order valence-corrected chi connectivity index (χ0v) is 15.8. The maximum Gasteiger partial charge on any atom is 0.305 e. The molecular formula is C17H33ClO7. The molecule has 0 saturated carbocycles. The van der Waals surface area contributed by atoms with Crippen LogP contribution in [0.25, 0.3) is 0 Å². The summed E-state index contributed by atoms with van der Waals surface area (Å²) in [5.41, 5.74) is 0. The zero-order chi connectivity index (χ0) is 18.4. The lowest BCUT2D eigenvalue weighted by Gasteiger charge is -2.07. The minimum atomic E-state index is -0.860. The summed E-state index contributed by atoms with van der Waals surface area (Å²) < 4.78 is 26.6. The molecule has 0 aromatic heterocycles. The Bertz CT molecular complexity index is 280. The summed E-state index contributed by atoms with van der Waals surface area (Å²) in [4.78, 5) is 10.2. The minimum Gasteiger partial charge on any atom is -0.481 e. The Labute approximate surface area is 155 Å². The first-order valence-electron chi connectivity index (χ1n) is 8.94. The van der Waals surface area contributed by atoms with E-state index in [1.807, 2.05) is 0 Å². The summed E-state index contributed by atoms with van der Waals surface area (Å²) in [6.07, 6.45) is 4.50. The summed E-state index contributed by atoms with van der Waals surface area (Å²) in [5, 5.41) is 8.42. The van der Waals surface area contributed by atoms with Gasteiger partial charge >= 0.3 is 5.97 Å². The largest absolute Gasteiger partial charge is 0.481 e. The predicted octanol–water partition coefficient (Wildman–Crippen LogP) is 2.34. The fourth-order valence-corrected chi connectivity index (χ4v) is 1.98. The van der Waals surface area contributed by atoms with Crippen LogP contribution in [0, 0.1) is 0 Å². The van der Waals surface area contributed by atoms with E-state index in [0.29, 0.717) is 52.9 Å². The summed E-state index contributed by atoms with van der Waals surface area (Å²) >= 11 is 5.61. The first-order chi connectivity index (χ1) is 12.3. The van der Waals surface area contributed by atoms with E-state index in [4.69, 9.17) is 40.4 Å². The summed E-state index contributed by atoms with van der Waals surface area (Å²) in [6, 6.07) is 0. The van der Waals surface area contributed by atoms with Crippen molar-refractivity contribution in [3.05, 3.63) is 0 Å². The van der Waals surface area contributed by atoms with Crippen molar-refractivity contribution in [1.82, 2.24) is 0 Å². The van der Waals surface area contributed by atoms with Gasteiger partial charge in [-0.1, -0.05) is 12.8 Å². The molecule has 0 bridgehead atoms. The first kappa shape index (κ1) is 24.6. The molecule has 0 fully saturated rings. The third-order valence-corrected chi connectivity index (χ3v) is 3.39. The van der Waals surface area contributed by atoms with Gasteiger partial charge in [0, 0.05) is 12.5 Å². The van der Waals surface area contributed by atoms with E-state index < -0.39 is 5.97 Å². The van der Waals surface area contributed by atoms with Crippen LogP contribution in [0.4, 0.5) is 0 Å². The van der Waals surface area contributed by atoms with Gasteiger partial charge in [-0.25, -0.2) is 0 Å².